The quantitative estimate of drug-likeness (QED) is 0.290. The van der Waals surface area contributed by atoms with Crippen LogP contribution in [0.2, 0.25) is 0 Å². The molecule has 0 amide bonds. The van der Waals surface area contributed by atoms with Gasteiger partial charge in [0.25, 0.3) is 0 Å². The van der Waals surface area contributed by atoms with Crippen LogP contribution in [0.3, 0.4) is 0 Å². The van der Waals surface area contributed by atoms with E-state index in [1.54, 1.807) is 24.3 Å². The molecular weight excluding hydrogens is 391 g/mol. The third-order valence-electron chi connectivity index (χ3n) is 2.07. The van der Waals surface area contributed by atoms with Crippen molar-refractivity contribution in [2.45, 2.75) is 6.42 Å². The molecule has 0 aliphatic carbocycles. The van der Waals surface area contributed by atoms with Crippen molar-refractivity contribution in [1.82, 2.24) is 0 Å². The van der Waals surface area contributed by atoms with Gasteiger partial charge in [0.05, 0.1) is 6.42 Å². The summed E-state index contributed by atoms with van der Waals surface area (Å²) < 4.78 is 30.5. The number of carboxylic acid groups (broad SMARTS) is 3. The number of hydrogen-bond acceptors (Lipinski definition) is 6. The van der Waals surface area contributed by atoms with Crippen LogP contribution in [0.5, 0.6) is 0 Å². The first kappa shape index (κ1) is 29.5. The molecule has 0 aliphatic rings. The van der Waals surface area contributed by atoms with Crippen LogP contribution < -0.4 is 29.6 Å². The third kappa shape index (κ3) is 23.8. The molecule has 0 fully saturated rings. The molecule has 0 saturated carbocycles. The van der Waals surface area contributed by atoms with E-state index in [1.165, 1.54) is 6.08 Å². The van der Waals surface area contributed by atoms with Crippen molar-refractivity contribution in [3.05, 3.63) is 66.1 Å². The van der Waals surface area contributed by atoms with Gasteiger partial charge >= 0.3 is 47.5 Å². The number of rotatable bonds is 6. The molecule has 3 N–H and O–H groups in total. The van der Waals surface area contributed by atoms with Crippen molar-refractivity contribution < 1.29 is 72.2 Å². The number of benzene rings is 1. The zero-order valence-electron chi connectivity index (χ0n) is 14.4. The molecule has 142 valence electrons. The third-order valence-corrected chi connectivity index (χ3v) is 2.54. The summed E-state index contributed by atoms with van der Waals surface area (Å²) in [7, 11) is -4.25. The summed E-state index contributed by atoms with van der Waals surface area (Å²) >= 11 is 0. The molecule has 11 heteroatoms. The van der Waals surface area contributed by atoms with Crippen LogP contribution in [0.1, 0.15) is 12.0 Å². The van der Waals surface area contributed by atoms with Crippen molar-refractivity contribution in [3.8, 4) is 0 Å². The Morgan fingerprint density at radius 1 is 1.07 bits per heavy atom. The maximum Gasteiger partial charge on any atom is 1.00 e. The number of aliphatic carboxylic acids is 3. The maximum atomic E-state index is 10.2. The number of carbonyl (C=O) groups is 3. The molecular formula is C16H17NaO9S. The summed E-state index contributed by atoms with van der Waals surface area (Å²) in [6, 6.07) is 8.75. The average Bonchev–Trinajstić information content (AvgIpc) is 2.53. The molecule has 1 aromatic carbocycles. The van der Waals surface area contributed by atoms with E-state index in [1.807, 2.05) is 6.07 Å². The number of hydrogen-bond donors (Lipinski definition) is 3. The predicted molar refractivity (Wildman–Crippen MR) is 92.0 cm³/mol. The van der Waals surface area contributed by atoms with Crippen LogP contribution in [-0.4, -0.2) is 46.2 Å². The molecule has 0 radical (unpaired) electrons. The van der Waals surface area contributed by atoms with E-state index in [2.05, 4.69) is 13.2 Å². The minimum Gasteiger partial charge on any atom is -0.744 e. The second-order valence-electron chi connectivity index (χ2n) is 4.23. The Hall–Kier alpha value is -2.24. The molecule has 0 bridgehead atoms. The average molecular weight is 408 g/mol. The van der Waals surface area contributed by atoms with Crippen LogP contribution in [0.15, 0.2) is 60.5 Å². The zero-order valence-corrected chi connectivity index (χ0v) is 17.3. The van der Waals surface area contributed by atoms with Gasteiger partial charge in [0.1, 0.15) is 10.1 Å². The second-order valence-corrected chi connectivity index (χ2v) is 5.49. The first-order valence-corrected chi connectivity index (χ1v) is 8.03. The number of carboxylic acids is 3. The largest absolute Gasteiger partial charge is 1.00 e. The van der Waals surface area contributed by atoms with Crippen molar-refractivity contribution >= 4 is 34.1 Å². The molecule has 27 heavy (non-hydrogen) atoms. The molecule has 0 atom stereocenters. The summed E-state index contributed by atoms with van der Waals surface area (Å²) in [5, 5.41) is 24.3. The van der Waals surface area contributed by atoms with Crippen LogP contribution in [-0.2, 0) is 24.5 Å². The summed E-state index contributed by atoms with van der Waals surface area (Å²) in [5.74, 6) is -3.43. The van der Waals surface area contributed by atoms with Gasteiger partial charge in [-0.15, -0.1) is 0 Å². The monoisotopic (exact) mass is 408 g/mol. The molecule has 1 aromatic rings. The predicted octanol–water partition coefficient (Wildman–Crippen LogP) is -1.43. The molecule has 0 saturated heterocycles. The van der Waals surface area contributed by atoms with Crippen LogP contribution in [0.25, 0.3) is 6.08 Å². The zero-order chi connectivity index (χ0) is 20.8. The van der Waals surface area contributed by atoms with E-state index in [0.29, 0.717) is 11.0 Å². The molecule has 0 aromatic heterocycles. The molecule has 0 heterocycles. The van der Waals surface area contributed by atoms with Crippen molar-refractivity contribution in [2.75, 3.05) is 0 Å². The standard InChI is InChI=1S/C8H8O3S.C5H6O4.C3H4O2.Na/c9-12(10,11)7-6-8-4-2-1-3-5-8;1-3(5(8)9)2-4(6)7;1-2-3(4)5;/h1-7H,(H,9,10,11);1-2H2,(H,6,7)(H,8,9);2H,1H2,(H,4,5);/q;;;+1/p-1. The van der Waals surface area contributed by atoms with Crippen LogP contribution in [0.4, 0.5) is 0 Å². The Morgan fingerprint density at radius 3 is 1.78 bits per heavy atom. The van der Waals surface area contributed by atoms with E-state index in [-0.39, 0.29) is 35.1 Å². The van der Waals surface area contributed by atoms with Crippen LogP contribution in [0, 0.1) is 0 Å². The smallest absolute Gasteiger partial charge is 0.744 e. The van der Waals surface area contributed by atoms with Gasteiger partial charge < -0.3 is 19.9 Å². The maximum absolute atomic E-state index is 10.2. The SMILES string of the molecule is C=C(CC(=O)O)C(=O)O.C=CC(=O)O.O=S(=O)([O-])C=Cc1ccccc1.[Na+]. The molecule has 1 rings (SSSR count). The van der Waals surface area contributed by atoms with Crippen molar-refractivity contribution in [2.24, 2.45) is 0 Å². The summed E-state index contributed by atoms with van der Waals surface area (Å²) in [6.07, 6.45) is 1.59. The van der Waals surface area contributed by atoms with E-state index in [4.69, 9.17) is 15.3 Å². The van der Waals surface area contributed by atoms with Gasteiger partial charge in [-0.25, -0.2) is 18.0 Å². The summed E-state index contributed by atoms with van der Waals surface area (Å²) in [5.41, 5.74) is 0.388. The molecule has 0 spiro atoms. The fourth-order valence-electron chi connectivity index (χ4n) is 0.984. The van der Waals surface area contributed by atoms with Crippen molar-refractivity contribution in [1.29, 1.82) is 0 Å². The Morgan fingerprint density at radius 2 is 1.52 bits per heavy atom. The summed E-state index contributed by atoms with van der Waals surface area (Å²) in [6.45, 7) is 5.97. The van der Waals surface area contributed by atoms with Gasteiger partial charge in [0, 0.05) is 17.1 Å². The minimum absolute atomic E-state index is 0. The second kappa shape index (κ2) is 16.0. The fraction of sp³-hybridized carbons (Fsp3) is 0.0625. The van der Waals surface area contributed by atoms with Gasteiger partial charge in [-0.2, -0.15) is 0 Å². The fourth-order valence-corrected chi connectivity index (χ4v) is 1.31. The molecule has 9 nitrogen and oxygen atoms in total. The van der Waals surface area contributed by atoms with E-state index < -0.39 is 34.4 Å². The van der Waals surface area contributed by atoms with E-state index in [0.717, 1.165) is 6.08 Å². The Balaban J connectivity index is -0.000000342. The van der Waals surface area contributed by atoms with Gasteiger partial charge in [-0.3, -0.25) is 4.79 Å². The summed E-state index contributed by atoms with van der Waals surface area (Å²) in [4.78, 5) is 28.9. The Labute approximate surface area is 178 Å². The Bertz CT molecular complexity index is 768. The van der Waals surface area contributed by atoms with Gasteiger partial charge in [0.15, 0.2) is 0 Å². The van der Waals surface area contributed by atoms with Crippen molar-refractivity contribution in [3.63, 3.8) is 0 Å². The van der Waals surface area contributed by atoms with Gasteiger partial charge in [-0.1, -0.05) is 43.5 Å². The molecule has 0 unspecified atom stereocenters. The minimum atomic E-state index is -4.25. The molecule has 0 aliphatic heterocycles. The first-order chi connectivity index (χ1) is 11.9. The van der Waals surface area contributed by atoms with Gasteiger partial charge in [0.2, 0.25) is 0 Å². The Kier molecular flexibility index (Phi) is 17.5. The van der Waals surface area contributed by atoms with Crippen LogP contribution >= 0.6 is 0 Å². The first-order valence-electron chi connectivity index (χ1n) is 6.56. The van der Waals surface area contributed by atoms with Gasteiger partial charge in [-0.05, 0) is 11.6 Å². The van der Waals surface area contributed by atoms with E-state index >= 15 is 0 Å². The van der Waals surface area contributed by atoms with E-state index in [9.17, 15) is 27.4 Å². The topological polar surface area (TPSA) is 169 Å². The normalized spacial score (nSPS) is 9.37.